The lowest BCUT2D eigenvalue weighted by Crippen LogP contribution is -2.33. The Balaban J connectivity index is 2.31. The van der Waals surface area contributed by atoms with E-state index in [9.17, 15) is 4.79 Å². The number of hydrogen-bond acceptors (Lipinski definition) is 1. The summed E-state index contributed by atoms with van der Waals surface area (Å²) in [5.74, 6) is 0.295. The molecule has 0 spiro atoms. The van der Waals surface area contributed by atoms with Crippen LogP contribution in [0.4, 0.5) is 0 Å². The first-order valence-electron chi connectivity index (χ1n) is 7.15. The largest absolute Gasteiger partial charge is 0.342 e. The van der Waals surface area contributed by atoms with Crippen LogP contribution in [0.25, 0.3) is 0 Å². The van der Waals surface area contributed by atoms with Gasteiger partial charge in [0.25, 0.3) is 0 Å². The Hall–Kier alpha value is -0.830. The first-order valence-corrected chi connectivity index (χ1v) is 8.27. The fourth-order valence-corrected chi connectivity index (χ4v) is 2.49. The summed E-state index contributed by atoms with van der Waals surface area (Å²) >= 11 is 3.42. The topological polar surface area (TPSA) is 20.3 Å². The van der Waals surface area contributed by atoms with Crippen molar-refractivity contribution in [2.75, 3.05) is 18.4 Å². The Bertz CT molecular complexity index is 353. The van der Waals surface area contributed by atoms with Crippen molar-refractivity contribution >= 4 is 21.8 Å². The summed E-state index contributed by atoms with van der Waals surface area (Å²) < 4.78 is 0. The Morgan fingerprint density at radius 3 is 2.53 bits per heavy atom. The SMILES string of the molecule is CCCCN(CCBr)C(=O)CCCc1ccccc1. The molecule has 1 aromatic carbocycles. The number of unbranched alkanes of at least 4 members (excludes halogenated alkanes) is 1. The summed E-state index contributed by atoms with van der Waals surface area (Å²) in [6, 6.07) is 10.4. The molecule has 0 N–H and O–H groups in total. The highest BCUT2D eigenvalue weighted by Gasteiger charge is 2.11. The molecule has 0 heterocycles. The zero-order valence-corrected chi connectivity index (χ0v) is 13.4. The third-order valence-electron chi connectivity index (χ3n) is 3.19. The number of aryl methyl sites for hydroxylation is 1. The molecule has 0 aromatic heterocycles. The van der Waals surface area contributed by atoms with E-state index in [0.29, 0.717) is 12.3 Å². The van der Waals surface area contributed by atoms with Crippen LogP contribution in [0, 0.1) is 0 Å². The molecule has 106 valence electrons. The van der Waals surface area contributed by atoms with Gasteiger partial charge in [-0.05, 0) is 24.8 Å². The second-order valence-electron chi connectivity index (χ2n) is 4.76. The van der Waals surface area contributed by atoms with Crippen LogP contribution in [0.5, 0.6) is 0 Å². The number of benzene rings is 1. The van der Waals surface area contributed by atoms with Gasteiger partial charge in [0.1, 0.15) is 0 Å². The molecule has 0 aliphatic carbocycles. The van der Waals surface area contributed by atoms with E-state index < -0.39 is 0 Å². The van der Waals surface area contributed by atoms with Crippen LogP contribution in [-0.4, -0.2) is 29.2 Å². The summed E-state index contributed by atoms with van der Waals surface area (Å²) in [6.45, 7) is 3.88. The fraction of sp³-hybridized carbons (Fsp3) is 0.562. The van der Waals surface area contributed by atoms with Gasteiger partial charge in [-0.25, -0.2) is 0 Å². The molecule has 0 unspecified atom stereocenters. The highest BCUT2D eigenvalue weighted by atomic mass is 79.9. The van der Waals surface area contributed by atoms with Crippen molar-refractivity contribution in [1.82, 2.24) is 4.90 Å². The molecule has 1 amide bonds. The van der Waals surface area contributed by atoms with E-state index in [4.69, 9.17) is 0 Å². The standard InChI is InChI=1S/C16H24BrNO/c1-2-3-13-18(14-12-17)16(19)11-7-10-15-8-5-4-6-9-15/h4-6,8-9H,2-3,7,10-14H2,1H3. The maximum Gasteiger partial charge on any atom is 0.222 e. The van der Waals surface area contributed by atoms with Crippen molar-refractivity contribution in [3.63, 3.8) is 0 Å². The Morgan fingerprint density at radius 2 is 1.89 bits per heavy atom. The first kappa shape index (κ1) is 16.2. The molecule has 19 heavy (non-hydrogen) atoms. The smallest absolute Gasteiger partial charge is 0.222 e. The van der Waals surface area contributed by atoms with Crippen molar-refractivity contribution in [2.45, 2.75) is 39.0 Å². The van der Waals surface area contributed by atoms with E-state index in [-0.39, 0.29) is 0 Å². The van der Waals surface area contributed by atoms with E-state index in [1.807, 2.05) is 11.0 Å². The van der Waals surface area contributed by atoms with Gasteiger partial charge in [-0.15, -0.1) is 0 Å². The molecule has 0 aliphatic rings. The average Bonchev–Trinajstić information content (AvgIpc) is 2.44. The van der Waals surface area contributed by atoms with Crippen molar-refractivity contribution in [3.8, 4) is 0 Å². The van der Waals surface area contributed by atoms with Crippen LogP contribution in [0.15, 0.2) is 30.3 Å². The van der Waals surface area contributed by atoms with Crippen LogP contribution in [0.3, 0.4) is 0 Å². The highest BCUT2D eigenvalue weighted by molar-refractivity contribution is 9.09. The number of hydrogen-bond donors (Lipinski definition) is 0. The van der Waals surface area contributed by atoms with Gasteiger partial charge in [-0.3, -0.25) is 4.79 Å². The molecule has 0 atom stereocenters. The van der Waals surface area contributed by atoms with Gasteiger partial charge in [-0.1, -0.05) is 59.6 Å². The Labute approximate surface area is 125 Å². The van der Waals surface area contributed by atoms with Crippen LogP contribution in [-0.2, 0) is 11.2 Å². The number of alkyl halides is 1. The lowest BCUT2D eigenvalue weighted by Gasteiger charge is -2.21. The summed E-state index contributed by atoms with van der Waals surface area (Å²) in [5.41, 5.74) is 1.32. The molecule has 1 aromatic rings. The van der Waals surface area contributed by atoms with Crippen molar-refractivity contribution in [3.05, 3.63) is 35.9 Å². The average molecular weight is 326 g/mol. The van der Waals surface area contributed by atoms with E-state index in [1.165, 1.54) is 5.56 Å². The second kappa shape index (κ2) is 10.0. The molecule has 1 rings (SSSR count). The molecular weight excluding hydrogens is 302 g/mol. The van der Waals surface area contributed by atoms with Gasteiger partial charge in [0.05, 0.1) is 0 Å². The van der Waals surface area contributed by atoms with Crippen LogP contribution in [0.1, 0.15) is 38.2 Å². The van der Waals surface area contributed by atoms with Gasteiger partial charge >= 0.3 is 0 Å². The molecule has 0 radical (unpaired) electrons. The summed E-state index contributed by atoms with van der Waals surface area (Å²) in [4.78, 5) is 14.1. The lowest BCUT2D eigenvalue weighted by molar-refractivity contribution is -0.131. The third-order valence-corrected chi connectivity index (χ3v) is 3.54. The van der Waals surface area contributed by atoms with E-state index in [0.717, 1.165) is 44.1 Å². The van der Waals surface area contributed by atoms with Crippen LogP contribution >= 0.6 is 15.9 Å². The number of carbonyl (C=O) groups excluding carboxylic acids is 1. The zero-order chi connectivity index (χ0) is 13.9. The molecule has 0 fully saturated rings. The van der Waals surface area contributed by atoms with E-state index in [1.54, 1.807) is 0 Å². The number of carbonyl (C=O) groups is 1. The minimum Gasteiger partial charge on any atom is -0.342 e. The Kier molecular flexibility index (Phi) is 8.55. The predicted octanol–water partition coefficient (Wildman–Crippen LogP) is 4.03. The third kappa shape index (κ3) is 6.76. The Morgan fingerprint density at radius 1 is 1.16 bits per heavy atom. The number of amides is 1. The second-order valence-corrected chi connectivity index (χ2v) is 5.56. The predicted molar refractivity (Wildman–Crippen MR) is 84.7 cm³/mol. The maximum atomic E-state index is 12.1. The first-order chi connectivity index (χ1) is 9.27. The monoisotopic (exact) mass is 325 g/mol. The van der Waals surface area contributed by atoms with Gasteiger partial charge in [0.15, 0.2) is 0 Å². The molecule has 0 saturated heterocycles. The van der Waals surface area contributed by atoms with Gasteiger partial charge < -0.3 is 4.90 Å². The minimum absolute atomic E-state index is 0.295. The van der Waals surface area contributed by atoms with Crippen LogP contribution < -0.4 is 0 Å². The highest BCUT2D eigenvalue weighted by Crippen LogP contribution is 2.07. The summed E-state index contributed by atoms with van der Waals surface area (Å²) in [5, 5.41) is 0.862. The van der Waals surface area contributed by atoms with Crippen molar-refractivity contribution in [1.29, 1.82) is 0 Å². The normalized spacial score (nSPS) is 10.4. The fourth-order valence-electron chi connectivity index (χ4n) is 2.06. The summed E-state index contributed by atoms with van der Waals surface area (Å²) in [7, 11) is 0. The van der Waals surface area contributed by atoms with Gasteiger partial charge in [0, 0.05) is 24.8 Å². The number of rotatable bonds is 9. The lowest BCUT2D eigenvalue weighted by atomic mass is 10.1. The number of nitrogens with zero attached hydrogens (tertiary/aromatic N) is 1. The van der Waals surface area contributed by atoms with Crippen LogP contribution in [0.2, 0.25) is 0 Å². The molecule has 3 heteroatoms. The van der Waals surface area contributed by atoms with Crippen molar-refractivity contribution in [2.24, 2.45) is 0 Å². The van der Waals surface area contributed by atoms with Gasteiger partial charge in [0.2, 0.25) is 5.91 Å². The quantitative estimate of drug-likeness (QED) is 0.627. The molecule has 2 nitrogen and oxygen atoms in total. The van der Waals surface area contributed by atoms with Crippen molar-refractivity contribution < 1.29 is 4.79 Å². The van der Waals surface area contributed by atoms with E-state index in [2.05, 4.69) is 47.1 Å². The maximum absolute atomic E-state index is 12.1. The minimum atomic E-state index is 0.295. The molecule has 0 saturated carbocycles. The van der Waals surface area contributed by atoms with E-state index >= 15 is 0 Å². The zero-order valence-electron chi connectivity index (χ0n) is 11.8. The molecular formula is C16H24BrNO. The number of halogens is 1. The molecule has 0 aliphatic heterocycles. The van der Waals surface area contributed by atoms with Gasteiger partial charge in [-0.2, -0.15) is 0 Å². The summed E-state index contributed by atoms with van der Waals surface area (Å²) in [6.07, 6.45) is 4.81. The molecule has 0 bridgehead atoms.